The van der Waals surface area contributed by atoms with Crippen molar-refractivity contribution in [3.63, 3.8) is 0 Å². The molecular weight excluding hydrogens is 306 g/mol. The lowest BCUT2D eigenvalue weighted by molar-refractivity contribution is -0.142. The molecule has 4 heteroatoms. The molecule has 0 radical (unpaired) electrons. The Bertz CT molecular complexity index is 737. The second-order valence-electron chi connectivity index (χ2n) is 5.45. The summed E-state index contributed by atoms with van der Waals surface area (Å²) < 4.78 is 5.24. The number of rotatable bonds is 3. The second-order valence-corrected chi connectivity index (χ2v) is 6.70. The summed E-state index contributed by atoms with van der Waals surface area (Å²) in [5.74, 6) is -0.172. The van der Waals surface area contributed by atoms with Crippen LogP contribution in [-0.2, 0) is 9.53 Å². The normalized spacial score (nSPS) is 17.0. The highest BCUT2D eigenvalue weighted by Crippen LogP contribution is 2.38. The van der Waals surface area contributed by atoms with Crippen LogP contribution in [0.25, 0.3) is 0 Å². The number of aliphatic imine (C=N–C) groups is 1. The van der Waals surface area contributed by atoms with Gasteiger partial charge in [-0.05, 0) is 31.5 Å². The van der Waals surface area contributed by atoms with E-state index in [2.05, 4.69) is 31.2 Å². The van der Waals surface area contributed by atoms with Gasteiger partial charge in [0.05, 0.1) is 18.0 Å². The first kappa shape index (κ1) is 15.8. The maximum atomic E-state index is 12.3. The van der Waals surface area contributed by atoms with Crippen molar-refractivity contribution in [3.8, 4) is 0 Å². The standard InChI is InChI=1S/C19H19NO2S/c1-3-22-19(21)18-12-16(14-10-8-13(2)9-11-14)20-15-6-4-5-7-17(15)23-18/h4-11,18H,3,12H2,1-2H3. The van der Waals surface area contributed by atoms with Crippen LogP contribution in [0.15, 0.2) is 58.4 Å². The van der Waals surface area contributed by atoms with Crippen LogP contribution in [0.3, 0.4) is 0 Å². The summed E-state index contributed by atoms with van der Waals surface area (Å²) in [4.78, 5) is 18.1. The highest BCUT2D eigenvalue weighted by molar-refractivity contribution is 8.00. The van der Waals surface area contributed by atoms with Crippen LogP contribution < -0.4 is 0 Å². The number of benzene rings is 2. The maximum Gasteiger partial charge on any atom is 0.319 e. The Morgan fingerprint density at radius 3 is 2.70 bits per heavy atom. The molecule has 1 atom stereocenters. The number of carbonyl (C=O) groups excluding carboxylic acids is 1. The molecule has 0 spiro atoms. The monoisotopic (exact) mass is 325 g/mol. The van der Waals surface area contributed by atoms with Crippen LogP contribution in [0, 0.1) is 6.92 Å². The maximum absolute atomic E-state index is 12.3. The molecule has 0 amide bonds. The Morgan fingerprint density at radius 1 is 1.22 bits per heavy atom. The van der Waals surface area contributed by atoms with Gasteiger partial charge in [0.2, 0.25) is 0 Å². The number of fused-ring (bicyclic) bond motifs is 1. The molecule has 0 N–H and O–H groups in total. The van der Waals surface area contributed by atoms with Gasteiger partial charge in [-0.1, -0.05) is 42.0 Å². The van der Waals surface area contributed by atoms with Crippen molar-refractivity contribution < 1.29 is 9.53 Å². The van der Waals surface area contributed by atoms with Crippen LogP contribution in [0.4, 0.5) is 5.69 Å². The fourth-order valence-corrected chi connectivity index (χ4v) is 3.61. The average molecular weight is 325 g/mol. The van der Waals surface area contributed by atoms with E-state index in [0.29, 0.717) is 13.0 Å². The van der Waals surface area contributed by atoms with Gasteiger partial charge in [0.1, 0.15) is 5.25 Å². The number of nitrogens with zero attached hydrogens (tertiary/aromatic N) is 1. The Hall–Kier alpha value is -2.07. The molecule has 0 aromatic heterocycles. The highest BCUT2D eigenvalue weighted by atomic mass is 32.2. The smallest absolute Gasteiger partial charge is 0.319 e. The van der Waals surface area contributed by atoms with Gasteiger partial charge in [0, 0.05) is 11.3 Å². The second kappa shape index (κ2) is 7.01. The molecule has 0 aliphatic carbocycles. The number of thioether (sulfide) groups is 1. The summed E-state index contributed by atoms with van der Waals surface area (Å²) in [6, 6.07) is 16.2. The van der Waals surface area contributed by atoms with E-state index < -0.39 is 0 Å². The lowest BCUT2D eigenvalue weighted by atomic mass is 10.0. The Kier molecular flexibility index (Phi) is 4.82. The zero-order valence-electron chi connectivity index (χ0n) is 13.3. The van der Waals surface area contributed by atoms with E-state index in [1.54, 1.807) is 0 Å². The summed E-state index contributed by atoms with van der Waals surface area (Å²) in [5, 5.41) is -0.265. The van der Waals surface area contributed by atoms with Crippen LogP contribution in [-0.4, -0.2) is 23.5 Å². The number of hydrogen-bond donors (Lipinski definition) is 0. The van der Waals surface area contributed by atoms with E-state index in [4.69, 9.17) is 9.73 Å². The number of esters is 1. The SMILES string of the molecule is CCOC(=O)C1CC(c2ccc(C)cc2)=Nc2ccccc2S1. The van der Waals surface area contributed by atoms with Crippen molar-refractivity contribution in [2.45, 2.75) is 30.4 Å². The van der Waals surface area contributed by atoms with E-state index in [1.165, 1.54) is 17.3 Å². The third-order valence-corrected chi connectivity index (χ3v) is 4.95. The van der Waals surface area contributed by atoms with E-state index in [-0.39, 0.29) is 11.2 Å². The molecule has 1 aliphatic heterocycles. The fraction of sp³-hybridized carbons (Fsp3) is 0.263. The average Bonchev–Trinajstić information content (AvgIpc) is 2.75. The highest BCUT2D eigenvalue weighted by Gasteiger charge is 2.27. The Balaban J connectivity index is 2.01. The summed E-state index contributed by atoms with van der Waals surface area (Å²) >= 11 is 1.54. The molecule has 0 saturated carbocycles. The summed E-state index contributed by atoms with van der Waals surface area (Å²) in [5.41, 5.74) is 4.11. The predicted molar refractivity (Wildman–Crippen MR) is 94.7 cm³/mol. The van der Waals surface area contributed by atoms with E-state index in [1.807, 2.05) is 31.2 Å². The minimum Gasteiger partial charge on any atom is -0.465 e. The molecule has 23 heavy (non-hydrogen) atoms. The Labute approximate surface area is 140 Å². The topological polar surface area (TPSA) is 38.7 Å². The van der Waals surface area contributed by atoms with Crippen LogP contribution >= 0.6 is 11.8 Å². The predicted octanol–water partition coefficient (Wildman–Crippen LogP) is 4.54. The zero-order chi connectivity index (χ0) is 16.2. The van der Waals surface area contributed by atoms with E-state index in [0.717, 1.165) is 21.9 Å². The van der Waals surface area contributed by atoms with Gasteiger partial charge in [-0.15, -0.1) is 11.8 Å². The van der Waals surface area contributed by atoms with E-state index in [9.17, 15) is 4.79 Å². The van der Waals surface area contributed by atoms with E-state index >= 15 is 0 Å². The van der Waals surface area contributed by atoms with Gasteiger partial charge >= 0.3 is 5.97 Å². The quantitative estimate of drug-likeness (QED) is 0.778. The van der Waals surface area contributed by atoms with Crippen molar-refractivity contribution >= 4 is 29.1 Å². The molecule has 3 rings (SSSR count). The van der Waals surface area contributed by atoms with Crippen molar-refractivity contribution in [1.29, 1.82) is 0 Å². The van der Waals surface area contributed by atoms with Gasteiger partial charge in [0.25, 0.3) is 0 Å². The molecule has 0 fully saturated rings. The molecule has 118 valence electrons. The lowest BCUT2D eigenvalue weighted by Crippen LogP contribution is -2.23. The molecule has 3 nitrogen and oxygen atoms in total. The minimum atomic E-state index is -0.265. The molecular formula is C19H19NO2S. The van der Waals surface area contributed by atoms with Gasteiger partial charge in [-0.3, -0.25) is 9.79 Å². The minimum absolute atomic E-state index is 0.172. The van der Waals surface area contributed by atoms with Crippen LogP contribution in [0.5, 0.6) is 0 Å². The molecule has 1 heterocycles. The lowest BCUT2D eigenvalue weighted by Gasteiger charge is -2.14. The molecule has 0 bridgehead atoms. The molecule has 2 aromatic rings. The van der Waals surface area contributed by atoms with Crippen LogP contribution in [0.1, 0.15) is 24.5 Å². The molecule has 1 aliphatic rings. The van der Waals surface area contributed by atoms with Crippen molar-refractivity contribution in [3.05, 3.63) is 59.7 Å². The van der Waals surface area contributed by atoms with Crippen molar-refractivity contribution in [2.24, 2.45) is 4.99 Å². The van der Waals surface area contributed by atoms with Crippen molar-refractivity contribution in [2.75, 3.05) is 6.61 Å². The first-order valence-corrected chi connectivity index (χ1v) is 8.62. The Morgan fingerprint density at radius 2 is 1.96 bits per heavy atom. The molecule has 1 unspecified atom stereocenters. The number of para-hydroxylation sites is 1. The summed E-state index contributed by atoms with van der Waals surface area (Å²) in [7, 11) is 0. The third kappa shape index (κ3) is 3.64. The van der Waals surface area contributed by atoms with Gasteiger partial charge in [-0.2, -0.15) is 0 Å². The van der Waals surface area contributed by atoms with Crippen LogP contribution in [0.2, 0.25) is 0 Å². The number of ether oxygens (including phenoxy) is 1. The largest absolute Gasteiger partial charge is 0.465 e. The third-order valence-electron chi connectivity index (χ3n) is 3.70. The summed E-state index contributed by atoms with van der Waals surface area (Å²) in [6.07, 6.45) is 0.571. The number of aryl methyl sites for hydroxylation is 1. The first-order chi connectivity index (χ1) is 11.2. The zero-order valence-corrected chi connectivity index (χ0v) is 14.1. The van der Waals surface area contributed by atoms with Gasteiger partial charge < -0.3 is 4.74 Å². The first-order valence-electron chi connectivity index (χ1n) is 7.74. The number of carbonyl (C=O) groups is 1. The molecule has 2 aromatic carbocycles. The van der Waals surface area contributed by atoms with Crippen molar-refractivity contribution in [1.82, 2.24) is 0 Å². The number of hydrogen-bond acceptors (Lipinski definition) is 4. The fourth-order valence-electron chi connectivity index (χ4n) is 2.51. The van der Waals surface area contributed by atoms with Gasteiger partial charge in [0.15, 0.2) is 0 Å². The summed E-state index contributed by atoms with van der Waals surface area (Å²) in [6.45, 7) is 4.29. The van der Waals surface area contributed by atoms with Gasteiger partial charge in [-0.25, -0.2) is 0 Å². The molecule has 0 saturated heterocycles.